The number of nitrogens with zero attached hydrogens (tertiary/aromatic N) is 1. The Kier molecular flexibility index (Phi) is 7.10. The highest BCUT2D eigenvalue weighted by atomic mass is 16.5. The van der Waals surface area contributed by atoms with Gasteiger partial charge in [0.2, 0.25) is 5.91 Å². The van der Waals surface area contributed by atoms with Crippen LogP contribution in [0.15, 0.2) is 45.6 Å². The van der Waals surface area contributed by atoms with Crippen molar-refractivity contribution in [1.82, 2.24) is 4.90 Å². The van der Waals surface area contributed by atoms with E-state index in [1.54, 1.807) is 20.3 Å². The number of amides is 1. The second kappa shape index (κ2) is 10.2. The molecule has 0 unspecified atom stereocenters. The summed E-state index contributed by atoms with van der Waals surface area (Å²) in [5.41, 5.74) is 3.06. The number of aryl methyl sites for hydroxylation is 1. The van der Waals surface area contributed by atoms with Crippen molar-refractivity contribution in [3.05, 3.63) is 63.5 Å². The monoisotopic (exact) mass is 465 g/mol. The number of carbonyl (C=O) groups is 1. The van der Waals surface area contributed by atoms with Crippen molar-refractivity contribution >= 4 is 16.9 Å². The van der Waals surface area contributed by atoms with Gasteiger partial charge in [0.25, 0.3) is 0 Å². The van der Waals surface area contributed by atoms with E-state index in [9.17, 15) is 9.59 Å². The largest absolute Gasteiger partial charge is 0.493 e. The maximum atomic E-state index is 13.1. The van der Waals surface area contributed by atoms with Gasteiger partial charge < -0.3 is 23.5 Å². The molecule has 0 radical (unpaired) electrons. The van der Waals surface area contributed by atoms with E-state index in [2.05, 4.69) is 6.92 Å². The lowest BCUT2D eigenvalue weighted by Crippen LogP contribution is -2.42. The van der Waals surface area contributed by atoms with Crippen molar-refractivity contribution in [2.45, 2.75) is 45.6 Å². The highest BCUT2D eigenvalue weighted by molar-refractivity contribution is 5.81. The number of carbonyl (C=O) groups excluding carboxylic acids is 1. The summed E-state index contributed by atoms with van der Waals surface area (Å²) < 4.78 is 22.6. The van der Waals surface area contributed by atoms with Gasteiger partial charge in [0.05, 0.1) is 20.3 Å². The van der Waals surface area contributed by atoms with E-state index in [-0.39, 0.29) is 18.6 Å². The normalized spacial score (nSPS) is 15.2. The molecular weight excluding hydrogens is 434 g/mol. The lowest BCUT2D eigenvalue weighted by atomic mass is 9.91. The second-order valence-corrected chi connectivity index (χ2v) is 8.58. The van der Waals surface area contributed by atoms with Crippen molar-refractivity contribution in [3.8, 4) is 17.2 Å². The van der Waals surface area contributed by atoms with Crippen LogP contribution in [-0.2, 0) is 11.2 Å². The van der Waals surface area contributed by atoms with Gasteiger partial charge in [-0.2, -0.15) is 0 Å². The van der Waals surface area contributed by atoms with Gasteiger partial charge in [0.1, 0.15) is 17.9 Å². The minimum Gasteiger partial charge on any atom is -0.493 e. The third-order valence-electron chi connectivity index (χ3n) is 6.40. The van der Waals surface area contributed by atoms with Crippen molar-refractivity contribution in [1.29, 1.82) is 0 Å². The molecule has 3 aromatic rings. The van der Waals surface area contributed by atoms with Crippen LogP contribution in [0.4, 0.5) is 0 Å². The van der Waals surface area contributed by atoms with Gasteiger partial charge in [0, 0.05) is 30.5 Å². The fourth-order valence-corrected chi connectivity index (χ4v) is 4.55. The fraction of sp³-hybridized carbons (Fsp3) is 0.407. The molecule has 7 nitrogen and oxygen atoms in total. The Morgan fingerprint density at radius 1 is 1.12 bits per heavy atom. The van der Waals surface area contributed by atoms with Crippen LogP contribution in [-0.4, -0.2) is 38.2 Å². The van der Waals surface area contributed by atoms with E-state index >= 15 is 0 Å². The number of ether oxygens (including phenoxy) is 3. The zero-order chi connectivity index (χ0) is 24.2. The minimum atomic E-state index is -0.392. The molecule has 1 aromatic heterocycles. The third-order valence-corrected chi connectivity index (χ3v) is 6.40. The molecule has 1 atom stereocenters. The molecule has 4 rings (SSSR count). The number of rotatable bonds is 8. The Hall–Kier alpha value is -3.48. The molecule has 34 heavy (non-hydrogen) atoms. The first kappa shape index (κ1) is 23.7. The molecule has 0 saturated heterocycles. The van der Waals surface area contributed by atoms with Gasteiger partial charge in [-0.05, 0) is 60.7 Å². The first-order valence-electron chi connectivity index (χ1n) is 11.7. The van der Waals surface area contributed by atoms with Crippen LogP contribution in [0.25, 0.3) is 11.0 Å². The first-order valence-corrected chi connectivity index (χ1v) is 11.7. The average molecular weight is 466 g/mol. The topological polar surface area (TPSA) is 78.2 Å². The van der Waals surface area contributed by atoms with Crippen molar-refractivity contribution < 1.29 is 23.4 Å². The molecule has 2 heterocycles. The van der Waals surface area contributed by atoms with E-state index in [1.807, 2.05) is 36.1 Å². The predicted octanol–water partition coefficient (Wildman–Crippen LogP) is 4.81. The molecule has 0 N–H and O–H groups in total. The Bertz CT molecular complexity index is 1250. The van der Waals surface area contributed by atoms with Gasteiger partial charge in [-0.25, -0.2) is 4.79 Å². The highest BCUT2D eigenvalue weighted by Gasteiger charge is 2.32. The number of unbranched alkanes of at least 4 members (excludes halogenated alkanes) is 1. The highest BCUT2D eigenvalue weighted by Crippen LogP contribution is 2.39. The van der Waals surface area contributed by atoms with Gasteiger partial charge in [-0.1, -0.05) is 13.3 Å². The maximum absolute atomic E-state index is 13.1. The summed E-state index contributed by atoms with van der Waals surface area (Å²) >= 11 is 0. The van der Waals surface area contributed by atoms with Crippen LogP contribution in [0.5, 0.6) is 17.2 Å². The standard InChI is InChI=1S/C27H31NO6/c1-5-6-7-26(29)28-11-10-18-13-24(31-3)25(32-4)15-21(18)22(28)16-33-19-8-9-20-17(2)12-27(30)34-23(20)14-19/h8-9,12-15,22H,5-7,10-11,16H2,1-4H3/t22-/m0/s1. The Morgan fingerprint density at radius 3 is 2.62 bits per heavy atom. The maximum Gasteiger partial charge on any atom is 0.336 e. The van der Waals surface area contributed by atoms with Crippen molar-refractivity contribution in [2.75, 3.05) is 27.4 Å². The van der Waals surface area contributed by atoms with Gasteiger partial charge >= 0.3 is 5.63 Å². The van der Waals surface area contributed by atoms with E-state index in [4.69, 9.17) is 18.6 Å². The van der Waals surface area contributed by atoms with Crippen LogP contribution in [0.3, 0.4) is 0 Å². The van der Waals surface area contributed by atoms with Gasteiger partial charge in [-0.15, -0.1) is 0 Å². The molecule has 0 saturated carbocycles. The lowest BCUT2D eigenvalue weighted by Gasteiger charge is -2.37. The summed E-state index contributed by atoms with van der Waals surface area (Å²) in [5.74, 6) is 1.99. The molecule has 1 aliphatic rings. The fourth-order valence-electron chi connectivity index (χ4n) is 4.55. The molecule has 180 valence electrons. The number of hydrogen-bond acceptors (Lipinski definition) is 6. The Morgan fingerprint density at radius 2 is 1.88 bits per heavy atom. The summed E-state index contributed by atoms with van der Waals surface area (Å²) in [5, 5.41) is 0.864. The molecule has 0 fully saturated rings. The second-order valence-electron chi connectivity index (χ2n) is 8.58. The average Bonchev–Trinajstić information content (AvgIpc) is 2.84. The van der Waals surface area contributed by atoms with Gasteiger partial charge in [0.15, 0.2) is 11.5 Å². The van der Waals surface area contributed by atoms with Crippen LogP contribution in [0.2, 0.25) is 0 Å². The van der Waals surface area contributed by atoms with Crippen molar-refractivity contribution in [2.24, 2.45) is 0 Å². The summed E-state index contributed by atoms with van der Waals surface area (Å²) in [6, 6.07) is 10.6. The van der Waals surface area contributed by atoms with Crippen molar-refractivity contribution in [3.63, 3.8) is 0 Å². The molecule has 0 bridgehead atoms. The molecule has 1 aliphatic heterocycles. The van der Waals surface area contributed by atoms with E-state index in [1.165, 1.54) is 6.07 Å². The number of hydrogen-bond donors (Lipinski definition) is 0. The first-order chi connectivity index (χ1) is 16.4. The SMILES string of the molecule is CCCCC(=O)N1CCc2cc(OC)c(OC)cc2[C@@H]1COc1ccc2c(C)cc(=O)oc2c1. The molecule has 0 aliphatic carbocycles. The minimum absolute atomic E-state index is 0.121. The lowest BCUT2D eigenvalue weighted by molar-refractivity contribution is -0.135. The molecule has 0 spiro atoms. The van der Waals surface area contributed by atoms with E-state index in [0.717, 1.165) is 41.3 Å². The molecule has 1 amide bonds. The predicted molar refractivity (Wildman–Crippen MR) is 130 cm³/mol. The molecule has 2 aromatic carbocycles. The van der Waals surface area contributed by atoms with Gasteiger partial charge in [-0.3, -0.25) is 4.79 Å². The summed E-state index contributed by atoms with van der Waals surface area (Å²) in [4.78, 5) is 26.8. The van der Waals surface area contributed by atoms with Crippen LogP contribution >= 0.6 is 0 Å². The zero-order valence-corrected chi connectivity index (χ0v) is 20.2. The van der Waals surface area contributed by atoms with Crippen LogP contribution in [0.1, 0.15) is 48.9 Å². The third kappa shape index (κ3) is 4.74. The van der Waals surface area contributed by atoms with E-state index in [0.29, 0.717) is 35.8 Å². The molecular formula is C27H31NO6. The van der Waals surface area contributed by atoms with Crippen LogP contribution in [0, 0.1) is 6.92 Å². The smallest absolute Gasteiger partial charge is 0.336 e. The number of methoxy groups -OCH3 is 2. The molecule has 7 heteroatoms. The van der Waals surface area contributed by atoms with E-state index < -0.39 is 5.63 Å². The summed E-state index contributed by atoms with van der Waals surface area (Å²) in [7, 11) is 3.22. The number of fused-ring (bicyclic) bond motifs is 2. The number of benzene rings is 2. The zero-order valence-electron chi connectivity index (χ0n) is 20.2. The summed E-state index contributed by atoms with van der Waals surface area (Å²) in [6.07, 6.45) is 3.06. The van der Waals surface area contributed by atoms with Crippen LogP contribution < -0.4 is 19.8 Å². The Labute approximate surface area is 199 Å². The summed E-state index contributed by atoms with van der Waals surface area (Å²) in [6.45, 7) is 4.84. The Balaban J connectivity index is 1.66. The quantitative estimate of drug-likeness (QED) is 0.444.